The molecule has 0 radical (unpaired) electrons. The Morgan fingerprint density at radius 2 is 1.97 bits per heavy atom. The van der Waals surface area contributed by atoms with Crippen LogP contribution in [0.1, 0.15) is 17.6 Å². The van der Waals surface area contributed by atoms with Gasteiger partial charge in [0.25, 0.3) is 0 Å². The van der Waals surface area contributed by atoms with Crippen molar-refractivity contribution in [1.82, 2.24) is 25.1 Å². The standard InChI is InChI=1S/C22H28N6OS/c1-16(22(29)24-9-8-17-5-4-14-30-17)28-12-10-27(11-13-28)15-20-25-19-7-3-2-6-18(19)21(23)26-20/h2-7,14,16H,8-13,15H2,1H3,(H,24,29)(H2,23,25,26). The topological polar surface area (TPSA) is 87.4 Å². The highest BCUT2D eigenvalue weighted by atomic mass is 32.1. The van der Waals surface area contributed by atoms with E-state index in [2.05, 4.69) is 36.5 Å². The number of nitrogens with two attached hydrogens (primary N) is 1. The smallest absolute Gasteiger partial charge is 0.237 e. The predicted octanol–water partition coefficient (Wildman–Crippen LogP) is 2.14. The van der Waals surface area contributed by atoms with Crippen LogP contribution in [0.3, 0.4) is 0 Å². The van der Waals surface area contributed by atoms with Crippen LogP contribution in [0.25, 0.3) is 10.9 Å². The van der Waals surface area contributed by atoms with E-state index >= 15 is 0 Å². The van der Waals surface area contributed by atoms with E-state index in [4.69, 9.17) is 5.73 Å². The SMILES string of the molecule is CC(C(=O)NCCc1cccs1)N1CCN(Cc2nc(N)c3ccccc3n2)CC1. The van der Waals surface area contributed by atoms with Gasteiger partial charge < -0.3 is 11.1 Å². The zero-order valence-corrected chi connectivity index (χ0v) is 18.1. The first-order valence-corrected chi connectivity index (χ1v) is 11.3. The lowest BCUT2D eigenvalue weighted by atomic mass is 10.2. The number of hydrogen-bond acceptors (Lipinski definition) is 7. The third kappa shape index (κ3) is 4.95. The molecular weight excluding hydrogens is 396 g/mol. The number of para-hydroxylation sites is 1. The minimum atomic E-state index is -0.122. The van der Waals surface area contributed by atoms with Gasteiger partial charge in [0.2, 0.25) is 5.91 Å². The van der Waals surface area contributed by atoms with Crippen molar-refractivity contribution in [3.05, 3.63) is 52.5 Å². The minimum absolute atomic E-state index is 0.102. The van der Waals surface area contributed by atoms with Crippen molar-refractivity contribution in [1.29, 1.82) is 0 Å². The first-order chi connectivity index (χ1) is 14.6. The van der Waals surface area contributed by atoms with E-state index in [0.29, 0.717) is 18.9 Å². The Bertz CT molecular complexity index is 984. The quantitative estimate of drug-likeness (QED) is 0.604. The normalized spacial score (nSPS) is 16.6. The van der Waals surface area contributed by atoms with Crippen LogP contribution in [0.2, 0.25) is 0 Å². The summed E-state index contributed by atoms with van der Waals surface area (Å²) in [6.45, 7) is 6.80. The number of carbonyl (C=O) groups excluding carboxylic acids is 1. The molecule has 4 rings (SSSR count). The summed E-state index contributed by atoms with van der Waals surface area (Å²) in [5, 5.41) is 6.03. The maximum atomic E-state index is 12.5. The molecule has 3 heterocycles. The Hall–Kier alpha value is -2.55. The Labute approximate surface area is 180 Å². The number of benzene rings is 1. The van der Waals surface area contributed by atoms with Gasteiger partial charge in [0.1, 0.15) is 11.6 Å². The molecule has 158 valence electrons. The predicted molar refractivity (Wildman–Crippen MR) is 121 cm³/mol. The van der Waals surface area contributed by atoms with Crippen LogP contribution in [0.4, 0.5) is 5.82 Å². The van der Waals surface area contributed by atoms with Crippen molar-refractivity contribution < 1.29 is 4.79 Å². The zero-order valence-electron chi connectivity index (χ0n) is 17.3. The van der Waals surface area contributed by atoms with Gasteiger partial charge in [-0.05, 0) is 36.9 Å². The number of carbonyl (C=O) groups is 1. The summed E-state index contributed by atoms with van der Waals surface area (Å²) < 4.78 is 0. The molecule has 3 N–H and O–H groups in total. The molecular formula is C22H28N6OS. The van der Waals surface area contributed by atoms with Gasteiger partial charge in [0.05, 0.1) is 18.1 Å². The highest BCUT2D eigenvalue weighted by Gasteiger charge is 2.25. The molecule has 0 spiro atoms. The van der Waals surface area contributed by atoms with Crippen LogP contribution >= 0.6 is 11.3 Å². The molecule has 1 fully saturated rings. The molecule has 1 amide bonds. The molecule has 8 heteroatoms. The van der Waals surface area contributed by atoms with Crippen LogP contribution in [0.15, 0.2) is 41.8 Å². The van der Waals surface area contributed by atoms with E-state index in [1.54, 1.807) is 11.3 Å². The van der Waals surface area contributed by atoms with E-state index in [9.17, 15) is 4.79 Å². The minimum Gasteiger partial charge on any atom is -0.383 e. The average Bonchev–Trinajstić information content (AvgIpc) is 3.27. The average molecular weight is 425 g/mol. The number of piperazine rings is 1. The Balaban J connectivity index is 1.25. The van der Waals surface area contributed by atoms with Crippen molar-refractivity contribution in [2.75, 3.05) is 38.5 Å². The monoisotopic (exact) mass is 424 g/mol. The Kier molecular flexibility index (Phi) is 6.56. The number of nitrogen functional groups attached to an aromatic ring is 1. The first-order valence-electron chi connectivity index (χ1n) is 10.4. The molecule has 7 nitrogen and oxygen atoms in total. The molecule has 30 heavy (non-hydrogen) atoms. The molecule has 0 aliphatic carbocycles. The highest BCUT2D eigenvalue weighted by Crippen LogP contribution is 2.18. The van der Waals surface area contributed by atoms with Gasteiger partial charge in [-0.1, -0.05) is 18.2 Å². The van der Waals surface area contributed by atoms with Gasteiger partial charge in [-0.25, -0.2) is 9.97 Å². The second-order valence-corrected chi connectivity index (χ2v) is 8.68. The largest absolute Gasteiger partial charge is 0.383 e. The van der Waals surface area contributed by atoms with Crippen molar-refractivity contribution >= 4 is 34.0 Å². The summed E-state index contributed by atoms with van der Waals surface area (Å²) in [4.78, 5) is 27.5. The highest BCUT2D eigenvalue weighted by molar-refractivity contribution is 7.09. The first kappa shape index (κ1) is 20.7. The van der Waals surface area contributed by atoms with Crippen molar-refractivity contribution in [2.24, 2.45) is 0 Å². The molecule has 2 aromatic heterocycles. The lowest BCUT2D eigenvalue weighted by molar-refractivity contribution is -0.126. The summed E-state index contributed by atoms with van der Waals surface area (Å²) in [6, 6.07) is 11.8. The van der Waals surface area contributed by atoms with E-state index in [1.807, 2.05) is 37.3 Å². The number of thiophene rings is 1. The summed E-state index contributed by atoms with van der Waals surface area (Å²) in [5.74, 6) is 1.38. The van der Waals surface area contributed by atoms with Crippen molar-refractivity contribution in [3.8, 4) is 0 Å². The lowest BCUT2D eigenvalue weighted by Gasteiger charge is -2.37. The molecule has 0 saturated carbocycles. The molecule has 1 aliphatic heterocycles. The number of nitrogens with zero attached hydrogens (tertiary/aromatic N) is 4. The van der Waals surface area contributed by atoms with Gasteiger partial charge in [0.15, 0.2) is 0 Å². The van der Waals surface area contributed by atoms with Gasteiger partial charge in [-0.15, -0.1) is 11.3 Å². The molecule has 1 atom stereocenters. The summed E-state index contributed by atoms with van der Waals surface area (Å²) in [7, 11) is 0. The van der Waals surface area contributed by atoms with Crippen LogP contribution < -0.4 is 11.1 Å². The summed E-state index contributed by atoms with van der Waals surface area (Å²) >= 11 is 1.73. The number of aromatic nitrogens is 2. The van der Waals surface area contributed by atoms with E-state index < -0.39 is 0 Å². The number of hydrogen-bond donors (Lipinski definition) is 2. The van der Waals surface area contributed by atoms with E-state index in [0.717, 1.165) is 49.3 Å². The molecule has 1 aromatic carbocycles. The van der Waals surface area contributed by atoms with Crippen molar-refractivity contribution in [3.63, 3.8) is 0 Å². The van der Waals surface area contributed by atoms with Crippen molar-refractivity contribution in [2.45, 2.75) is 25.9 Å². The fourth-order valence-electron chi connectivity index (χ4n) is 3.81. The van der Waals surface area contributed by atoms with Gasteiger partial charge in [-0.2, -0.15) is 0 Å². The van der Waals surface area contributed by atoms with Crippen LogP contribution in [0.5, 0.6) is 0 Å². The number of nitrogens with one attached hydrogen (secondary N) is 1. The maximum Gasteiger partial charge on any atom is 0.237 e. The number of amides is 1. The third-order valence-corrected chi connectivity index (χ3v) is 6.57. The molecule has 1 saturated heterocycles. The number of anilines is 1. The van der Waals surface area contributed by atoms with Gasteiger partial charge in [-0.3, -0.25) is 14.6 Å². The molecule has 1 aliphatic rings. The van der Waals surface area contributed by atoms with Crippen LogP contribution in [-0.4, -0.2) is 64.4 Å². The Morgan fingerprint density at radius 3 is 2.73 bits per heavy atom. The third-order valence-electron chi connectivity index (χ3n) is 5.63. The number of rotatable bonds is 7. The lowest BCUT2D eigenvalue weighted by Crippen LogP contribution is -2.53. The van der Waals surface area contributed by atoms with Gasteiger partial charge >= 0.3 is 0 Å². The fraction of sp³-hybridized carbons (Fsp3) is 0.409. The van der Waals surface area contributed by atoms with Crippen LogP contribution in [0, 0.1) is 0 Å². The Morgan fingerprint density at radius 1 is 1.17 bits per heavy atom. The maximum absolute atomic E-state index is 12.5. The zero-order chi connectivity index (χ0) is 20.9. The van der Waals surface area contributed by atoms with E-state index in [-0.39, 0.29) is 11.9 Å². The summed E-state index contributed by atoms with van der Waals surface area (Å²) in [6.07, 6.45) is 0.888. The molecule has 0 bridgehead atoms. The summed E-state index contributed by atoms with van der Waals surface area (Å²) in [5.41, 5.74) is 6.99. The number of fused-ring (bicyclic) bond motifs is 1. The second kappa shape index (κ2) is 9.51. The molecule has 3 aromatic rings. The fourth-order valence-corrected chi connectivity index (χ4v) is 4.52. The van der Waals surface area contributed by atoms with E-state index in [1.165, 1.54) is 4.88 Å². The van der Waals surface area contributed by atoms with Gasteiger partial charge in [0, 0.05) is 43.0 Å². The second-order valence-electron chi connectivity index (χ2n) is 7.65. The van der Waals surface area contributed by atoms with Crippen LogP contribution in [-0.2, 0) is 17.8 Å². The molecule has 1 unspecified atom stereocenters.